The molecule has 5 nitrogen and oxygen atoms in total. The molecule has 0 aliphatic heterocycles. The minimum Gasteiger partial charge on any atom is -0.481 e. The first kappa shape index (κ1) is 25.6. The van der Waals surface area contributed by atoms with Crippen LogP contribution in [0.4, 0.5) is 13.2 Å². The third-order valence-corrected chi connectivity index (χ3v) is 5.26. The number of allylic oxidation sites excluding steroid dienone is 1. The molecule has 1 aromatic heterocycles. The van der Waals surface area contributed by atoms with Crippen LogP contribution in [0.3, 0.4) is 0 Å². The standard InChI is InChI=1S/C24H31F3N2O3/c1-2-3-4-5-6-7-8-10-19-15-18(20-16-28-29(17-20)24(25,26)27)13-14-21(19)22(30)11-9-12-23(31)32/h8,10,13-17,22,30H,2-7,9,11-12H2,1H3,(H,31,32)/b10-8+. The highest BCUT2D eigenvalue weighted by Gasteiger charge is 2.31. The maximum Gasteiger partial charge on any atom is 0.504 e. The van der Waals surface area contributed by atoms with E-state index >= 15 is 0 Å². The zero-order chi connectivity index (χ0) is 23.6. The molecule has 0 aliphatic rings. The highest BCUT2D eigenvalue weighted by Crippen LogP contribution is 2.31. The largest absolute Gasteiger partial charge is 0.504 e. The lowest BCUT2D eigenvalue weighted by Gasteiger charge is -2.15. The Labute approximate surface area is 186 Å². The van der Waals surface area contributed by atoms with Crippen molar-refractivity contribution in [2.24, 2.45) is 0 Å². The summed E-state index contributed by atoms with van der Waals surface area (Å²) in [4.78, 5) is 10.7. The molecule has 0 bridgehead atoms. The number of aliphatic carboxylic acids is 1. The molecule has 2 aromatic rings. The third kappa shape index (κ3) is 8.15. The Balaban J connectivity index is 2.20. The molecule has 1 aromatic carbocycles. The molecular formula is C24H31F3N2O3. The van der Waals surface area contributed by atoms with Crippen LogP contribution in [-0.4, -0.2) is 26.0 Å². The fourth-order valence-corrected chi connectivity index (χ4v) is 3.49. The van der Waals surface area contributed by atoms with E-state index in [1.54, 1.807) is 18.2 Å². The van der Waals surface area contributed by atoms with Crippen LogP contribution in [0.2, 0.25) is 0 Å². The first-order valence-corrected chi connectivity index (χ1v) is 11.0. The van der Waals surface area contributed by atoms with Crippen LogP contribution in [0.5, 0.6) is 0 Å². The van der Waals surface area contributed by atoms with Crippen LogP contribution in [0.25, 0.3) is 17.2 Å². The number of carboxylic acids is 1. The second-order valence-corrected chi connectivity index (χ2v) is 7.89. The van der Waals surface area contributed by atoms with Crippen molar-refractivity contribution >= 4 is 12.0 Å². The maximum atomic E-state index is 12.9. The molecule has 2 rings (SSSR count). The van der Waals surface area contributed by atoms with Gasteiger partial charge in [-0.2, -0.15) is 9.78 Å². The van der Waals surface area contributed by atoms with Crippen molar-refractivity contribution in [3.8, 4) is 11.1 Å². The van der Waals surface area contributed by atoms with Gasteiger partial charge in [0.2, 0.25) is 0 Å². The number of carboxylic acid groups (broad SMARTS) is 1. The SMILES string of the molecule is CCCCCCC/C=C/c1cc(-c2cnn(C(F)(F)F)c2)ccc1C(O)CCCC(=O)O. The first-order chi connectivity index (χ1) is 15.2. The summed E-state index contributed by atoms with van der Waals surface area (Å²) in [7, 11) is 0. The predicted octanol–water partition coefficient (Wildman–Crippen LogP) is 6.69. The van der Waals surface area contributed by atoms with Gasteiger partial charge < -0.3 is 10.2 Å². The molecule has 32 heavy (non-hydrogen) atoms. The highest BCUT2D eigenvalue weighted by atomic mass is 19.4. The lowest BCUT2D eigenvalue weighted by molar-refractivity contribution is -0.212. The number of hydrogen-bond donors (Lipinski definition) is 2. The van der Waals surface area contributed by atoms with Crippen molar-refractivity contribution in [3.05, 3.63) is 47.8 Å². The highest BCUT2D eigenvalue weighted by molar-refractivity contribution is 5.68. The quantitative estimate of drug-likeness (QED) is 0.332. The number of benzene rings is 1. The van der Waals surface area contributed by atoms with E-state index in [9.17, 15) is 23.1 Å². The maximum absolute atomic E-state index is 12.9. The molecule has 1 heterocycles. The van der Waals surface area contributed by atoms with Gasteiger partial charge in [0.25, 0.3) is 0 Å². The number of alkyl halides is 3. The Morgan fingerprint density at radius 2 is 1.91 bits per heavy atom. The van der Waals surface area contributed by atoms with Crippen molar-refractivity contribution in [1.82, 2.24) is 9.78 Å². The van der Waals surface area contributed by atoms with Crippen LogP contribution < -0.4 is 0 Å². The number of aliphatic hydroxyl groups excluding tert-OH is 1. The number of hydrogen-bond acceptors (Lipinski definition) is 3. The molecule has 8 heteroatoms. The smallest absolute Gasteiger partial charge is 0.481 e. The summed E-state index contributed by atoms with van der Waals surface area (Å²) in [6.45, 7) is 2.16. The molecular weight excluding hydrogens is 421 g/mol. The Kier molecular flexibility index (Phi) is 9.97. The van der Waals surface area contributed by atoms with Crippen molar-refractivity contribution in [2.75, 3.05) is 0 Å². The zero-order valence-electron chi connectivity index (χ0n) is 18.3. The predicted molar refractivity (Wildman–Crippen MR) is 118 cm³/mol. The second kappa shape index (κ2) is 12.4. The summed E-state index contributed by atoms with van der Waals surface area (Å²) >= 11 is 0. The van der Waals surface area contributed by atoms with Crippen LogP contribution in [0, 0.1) is 0 Å². The van der Waals surface area contributed by atoms with Crippen molar-refractivity contribution in [3.63, 3.8) is 0 Å². The van der Waals surface area contributed by atoms with Gasteiger partial charge in [-0.05, 0) is 48.4 Å². The van der Waals surface area contributed by atoms with Crippen molar-refractivity contribution < 1.29 is 28.2 Å². The fraction of sp³-hybridized carbons (Fsp3) is 0.500. The Morgan fingerprint density at radius 1 is 1.16 bits per heavy atom. The van der Waals surface area contributed by atoms with Crippen LogP contribution >= 0.6 is 0 Å². The summed E-state index contributed by atoms with van der Waals surface area (Å²) < 4.78 is 38.6. The van der Waals surface area contributed by atoms with E-state index in [-0.39, 0.29) is 17.5 Å². The first-order valence-electron chi connectivity index (χ1n) is 11.0. The van der Waals surface area contributed by atoms with E-state index in [4.69, 9.17) is 5.11 Å². The molecule has 0 aliphatic carbocycles. The molecule has 1 atom stereocenters. The van der Waals surface area contributed by atoms with Crippen molar-refractivity contribution in [2.45, 2.75) is 77.1 Å². The lowest BCUT2D eigenvalue weighted by atomic mass is 9.94. The fourth-order valence-electron chi connectivity index (χ4n) is 3.49. The third-order valence-electron chi connectivity index (χ3n) is 5.26. The van der Waals surface area contributed by atoms with E-state index in [0.29, 0.717) is 28.7 Å². The van der Waals surface area contributed by atoms with Gasteiger partial charge in [0.15, 0.2) is 0 Å². The summed E-state index contributed by atoms with van der Waals surface area (Å²) in [5, 5.41) is 22.8. The second-order valence-electron chi connectivity index (χ2n) is 7.89. The number of rotatable bonds is 13. The molecule has 0 radical (unpaired) electrons. The molecule has 0 saturated carbocycles. The topological polar surface area (TPSA) is 75.3 Å². The van der Waals surface area contributed by atoms with Gasteiger partial charge in [0.1, 0.15) is 0 Å². The van der Waals surface area contributed by atoms with E-state index in [1.807, 2.05) is 12.2 Å². The molecule has 176 valence electrons. The average Bonchev–Trinajstić information content (AvgIpc) is 3.23. The Hall–Kier alpha value is -2.61. The summed E-state index contributed by atoms with van der Waals surface area (Å²) in [6, 6.07) is 5.07. The number of unbranched alkanes of at least 4 members (excludes halogenated alkanes) is 5. The summed E-state index contributed by atoms with van der Waals surface area (Å²) in [5.74, 6) is -0.919. The van der Waals surface area contributed by atoms with E-state index < -0.39 is 18.4 Å². The molecule has 0 saturated heterocycles. The molecule has 1 unspecified atom stereocenters. The van der Waals surface area contributed by atoms with Gasteiger partial charge >= 0.3 is 12.3 Å². The average molecular weight is 453 g/mol. The molecule has 0 amide bonds. The van der Waals surface area contributed by atoms with Crippen LogP contribution in [0.15, 0.2) is 36.7 Å². The monoisotopic (exact) mass is 452 g/mol. The van der Waals surface area contributed by atoms with Gasteiger partial charge in [-0.3, -0.25) is 4.79 Å². The molecule has 0 spiro atoms. The molecule has 2 N–H and O–H groups in total. The summed E-state index contributed by atoms with van der Waals surface area (Å²) in [6.07, 6.45) is 7.76. The van der Waals surface area contributed by atoms with Crippen molar-refractivity contribution in [1.29, 1.82) is 0 Å². The number of carbonyl (C=O) groups is 1. The van der Waals surface area contributed by atoms with Gasteiger partial charge in [0.05, 0.1) is 12.3 Å². The lowest BCUT2D eigenvalue weighted by Crippen LogP contribution is -2.16. The van der Waals surface area contributed by atoms with E-state index in [2.05, 4.69) is 12.0 Å². The number of aromatic nitrogens is 2. The number of aliphatic hydroxyl groups is 1. The normalized spacial score (nSPS) is 13.0. The molecule has 0 fully saturated rings. The van der Waals surface area contributed by atoms with E-state index in [0.717, 1.165) is 31.7 Å². The van der Waals surface area contributed by atoms with Gasteiger partial charge in [-0.25, -0.2) is 0 Å². The van der Waals surface area contributed by atoms with Gasteiger partial charge in [-0.15, -0.1) is 13.2 Å². The van der Waals surface area contributed by atoms with E-state index in [1.165, 1.54) is 19.3 Å². The van der Waals surface area contributed by atoms with Crippen LogP contribution in [0.1, 0.15) is 81.9 Å². The summed E-state index contributed by atoms with van der Waals surface area (Å²) in [5.41, 5.74) is 2.22. The number of nitrogens with zero attached hydrogens (tertiary/aromatic N) is 2. The number of halogens is 3. The van der Waals surface area contributed by atoms with Crippen LogP contribution in [-0.2, 0) is 11.1 Å². The zero-order valence-corrected chi connectivity index (χ0v) is 18.3. The Bertz CT molecular complexity index is 891. The Morgan fingerprint density at radius 3 is 2.56 bits per heavy atom. The minimum atomic E-state index is -4.58. The van der Waals surface area contributed by atoms with Gasteiger partial charge in [0, 0.05) is 18.2 Å². The minimum absolute atomic E-state index is 0.0330. The van der Waals surface area contributed by atoms with Gasteiger partial charge in [-0.1, -0.05) is 56.9 Å².